The van der Waals surface area contributed by atoms with E-state index in [0.29, 0.717) is 18.5 Å². The lowest BCUT2D eigenvalue weighted by atomic mass is 9.82. The zero-order valence-electron chi connectivity index (χ0n) is 10.2. The van der Waals surface area contributed by atoms with Gasteiger partial charge in [-0.2, -0.15) is 0 Å². The first kappa shape index (κ1) is 11.9. The van der Waals surface area contributed by atoms with Crippen LogP contribution in [0.2, 0.25) is 0 Å². The number of aliphatic hydroxyl groups excluding tert-OH is 1. The van der Waals surface area contributed by atoms with Crippen LogP contribution in [0.4, 0.5) is 0 Å². The van der Waals surface area contributed by atoms with Gasteiger partial charge in [0.25, 0.3) is 0 Å². The summed E-state index contributed by atoms with van der Waals surface area (Å²) < 4.78 is 0. The molecule has 2 saturated carbocycles. The molecule has 0 bridgehead atoms. The fourth-order valence-electron chi connectivity index (χ4n) is 2.36. The minimum atomic E-state index is -0.0942. The van der Waals surface area contributed by atoms with E-state index in [1.165, 1.54) is 12.8 Å². The van der Waals surface area contributed by atoms with Crippen LogP contribution in [0.3, 0.4) is 0 Å². The van der Waals surface area contributed by atoms with Gasteiger partial charge in [0.05, 0.1) is 12.6 Å². The SMILES string of the molecule is CN(CC(=O)N(C)C1CC1)CC1CC(O)C1. The topological polar surface area (TPSA) is 43.8 Å². The van der Waals surface area contributed by atoms with Gasteiger partial charge in [-0.05, 0) is 38.6 Å². The van der Waals surface area contributed by atoms with Gasteiger partial charge in [0, 0.05) is 19.6 Å². The molecule has 0 atom stereocenters. The van der Waals surface area contributed by atoms with Gasteiger partial charge in [-0.15, -0.1) is 0 Å². The summed E-state index contributed by atoms with van der Waals surface area (Å²) in [5.74, 6) is 0.809. The second-order valence-corrected chi connectivity index (χ2v) is 5.42. The summed E-state index contributed by atoms with van der Waals surface area (Å²) in [6.45, 7) is 1.45. The van der Waals surface area contributed by atoms with Crippen molar-refractivity contribution in [2.45, 2.75) is 37.8 Å². The largest absolute Gasteiger partial charge is 0.393 e. The summed E-state index contributed by atoms with van der Waals surface area (Å²) in [6, 6.07) is 0.506. The zero-order valence-corrected chi connectivity index (χ0v) is 10.2. The lowest BCUT2D eigenvalue weighted by Crippen LogP contribution is -2.42. The Morgan fingerprint density at radius 3 is 2.44 bits per heavy atom. The second-order valence-electron chi connectivity index (χ2n) is 5.42. The average Bonchev–Trinajstić information content (AvgIpc) is 2.97. The average molecular weight is 226 g/mol. The zero-order chi connectivity index (χ0) is 11.7. The van der Waals surface area contributed by atoms with Crippen molar-refractivity contribution in [1.82, 2.24) is 9.80 Å². The maximum atomic E-state index is 11.8. The van der Waals surface area contributed by atoms with E-state index < -0.39 is 0 Å². The quantitative estimate of drug-likeness (QED) is 0.734. The first-order chi connectivity index (χ1) is 7.56. The Bertz CT molecular complexity index is 260. The van der Waals surface area contributed by atoms with E-state index in [1.54, 1.807) is 0 Å². The third kappa shape index (κ3) is 2.95. The van der Waals surface area contributed by atoms with E-state index in [0.717, 1.165) is 19.4 Å². The van der Waals surface area contributed by atoms with Crippen LogP contribution in [-0.2, 0) is 4.79 Å². The molecule has 0 heterocycles. The Labute approximate surface area is 97.2 Å². The monoisotopic (exact) mass is 226 g/mol. The Hall–Kier alpha value is -0.610. The minimum absolute atomic E-state index is 0.0942. The first-order valence-electron chi connectivity index (χ1n) is 6.18. The standard InChI is InChI=1S/C12H22N2O2/c1-13(7-9-5-11(15)6-9)8-12(16)14(2)10-3-4-10/h9-11,15H,3-8H2,1-2H3. The van der Waals surface area contributed by atoms with Crippen LogP contribution in [0, 0.1) is 5.92 Å². The number of hydrogen-bond acceptors (Lipinski definition) is 3. The molecule has 0 aromatic heterocycles. The summed E-state index contributed by atoms with van der Waals surface area (Å²) in [5.41, 5.74) is 0. The third-order valence-electron chi connectivity index (χ3n) is 3.67. The molecule has 0 unspecified atom stereocenters. The highest BCUT2D eigenvalue weighted by Gasteiger charge is 2.31. The van der Waals surface area contributed by atoms with Crippen LogP contribution in [0.1, 0.15) is 25.7 Å². The van der Waals surface area contributed by atoms with E-state index in [9.17, 15) is 9.90 Å². The Morgan fingerprint density at radius 1 is 1.31 bits per heavy atom. The molecule has 16 heavy (non-hydrogen) atoms. The van der Waals surface area contributed by atoms with Crippen molar-refractivity contribution < 1.29 is 9.90 Å². The summed E-state index contributed by atoms with van der Waals surface area (Å²) in [4.78, 5) is 15.8. The number of nitrogens with zero attached hydrogens (tertiary/aromatic N) is 2. The molecule has 4 heteroatoms. The molecule has 0 aromatic carbocycles. The molecule has 1 amide bonds. The molecule has 2 rings (SSSR count). The third-order valence-corrected chi connectivity index (χ3v) is 3.67. The summed E-state index contributed by atoms with van der Waals surface area (Å²) in [7, 11) is 3.89. The summed E-state index contributed by atoms with van der Waals surface area (Å²) in [6.07, 6.45) is 4.04. The van der Waals surface area contributed by atoms with Crippen molar-refractivity contribution in [1.29, 1.82) is 0 Å². The van der Waals surface area contributed by atoms with Gasteiger partial charge in [0.15, 0.2) is 0 Å². The summed E-state index contributed by atoms with van der Waals surface area (Å²) >= 11 is 0. The molecular formula is C12H22N2O2. The van der Waals surface area contributed by atoms with Crippen LogP contribution >= 0.6 is 0 Å². The van der Waals surface area contributed by atoms with Gasteiger partial charge in [-0.3, -0.25) is 9.69 Å². The lowest BCUT2D eigenvalue weighted by molar-refractivity contribution is -0.131. The van der Waals surface area contributed by atoms with E-state index in [-0.39, 0.29) is 12.0 Å². The predicted molar refractivity (Wildman–Crippen MR) is 62.0 cm³/mol. The van der Waals surface area contributed by atoms with Gasteiger partial charge in [-0.25, -0.2) is 0 Å². The molecule has 0 aromatic rings. The van der Waals surface area contributed by atoms with Crippen molar-refractivity contribution in [3.8, 4) is 0 Å². The number of amides is 1. The number of hydrogen-bond donors (Lipinski definition) is 1. The van der Waals surface area contributed by atoms with Gasteiger partial charge < -0.3 is 10.0 Å². The second kappa shape index (κ2) is 4.72. The Kier molecular flexibility index (Phi) is 3.50. The molecular weight excluding hydrogens is 204 g/mol. The lowest BCUT2D eigenvalue weighted by Gasteiger charge is -2.34. The van der Waals surface area contributed by atoms with E-state index in [2.05, 4.69) is 4.90 Å². The fraction of sp³-hybridized carbons (Fsp3) is 0.917. The van der Waals surface area contributed by atoms with Gasteiger partial charge in [0.1, 0.15) is 0 Å². The molecule has 2 fully saturated rings. The minimum Gasteiger partial charge on any atom is -0.393 e. The van der Waals surface area contributed by atoms with Crippen molar-refractivity contribution >= 4 is 5.91 Å². The molecule has 0 radical (unpaired) electrons. The molecule has 1 N–H and O–H groups in total. The van der Waals surface area contributed by atoms with Crippen molar-refractivity contribution in [3.05, 3.63) is 0 Å². The first-order valence-corrected chi connectivity index (χ1v) is 6.18. The number of aliphatic hydroxyl groups is 1. The Morgan fingerprint density at radius 2 is 1.94 bits per heavy atom. The number of carbonyl (C=O) groups is 1. The molecule has 2 aliphatic carbocycles. The number of likely N-dealkylation sites (N-methyl/N-ethyl adjacent to an activating group) is 2. The van der Waals surface area contributed by atoms with Crippen LogP contribution in [-0.4, -0.2) is 60.1 Å². The van der Waals surface area contributed by atoms with Gasteiger partial charge in [0.2, 0.25) is 5.91 Å². The molecule has 0 spiro atoms. The highest BCUT2D eigenvalue weighted by Crippen LogP contribution is 2.28. The smallest absolute Gasteiger partial charge is 0.236 e. The normalized spacial score (nSPS) is 29.0. The molecule has 0 aliphatic heterocycles. The predicted octanol–water partition coefficient (Wildman–Crippen LogP) is 0.310. The van der Waals surface area contributed by atoms with Gasteiger partial charge in [-0.1, -0.05) is 0 Å². The molecule has 4 nitrogen and oxygen atoms in total. The number of rotatable bonds is 5. The van der Waals surface area contributed by atoms with Gasteiger partial charge >= 0.3 is 0 Å². The van der Waals surface area contributed by atoms with E-state index in [4.69, 9.17) is 0 Å². The molecule has 92 valence electrons. The van der Waals surface area contributed by atoms with Crippen LogP contribution in [0.25, 0.3) is 0 Å². The van der Waals surface area contributed by atoms with Crippen LogP contribution < -0.4 is 0 Å². The van der Waals surface area contributed by atoms with E-state index in [1.807, 2.05) is 19.0 Å². The maximum Gasteiger partial charge on any atom is 0.236 e. The molecule has 2 aliphatic rings. The highest BCUT2D eigenvalue weighted by molar-refractivity contribution is 5.78. The van der Waals surface area contributed by atoms with Crippen molar-refractivity contribution in [3.63, 3.8) is 0 Å². The maximum absolute atomic E-state index is 11.8. The van der Waals surface area contributed by atoms with E-state index >= 15 is 0 Å². The summed E-state index contributed by atoms with van der Waals surface area (Å²) in [5, 5.41) is 9.19. The molecule has 0 saturated heterocycles. The van der Waals surface area contributed by atoms with Crippen LogP contribution in [0.5, 0.6) is 0 Å². The van der Waals surface area contributed by atoms with Crippen molar-refractivity contribution in [2.75, 3.05) is 27.2 Å². The highest BCUT2D eigenvalue weighted by atomic mass is 16.3. The van der Waals surface area contributed by atoms with Crippen molar-refractivity contribution in [2.24, 2.45) is 5.92 Å². The Balaban J connectivity index is 1.65. The number of carbonyl (C=O) groups excluding carboxylic acids is 1. The van der Waals surface area contributed by atoms with Crippen LogP contribution in [0.15, 0.2) is 0 Å². The fourth-order valence-corrected chi connectivity index (χ4v) is 2.36.